The van der Waals surface area contributed by atoms with Crippen molar-refractivity contribution in [2.75, 3.05) is 31.1 Å². The first kappa shape index (κ1) is 19.7. The van der Waals surface area contributed by atoms with E-state index in [0.717, 1.165) is 11.3 Å². The van der Waals surface area contributed by atoms with Crippen LogP contribution in [0.5, 0.6) is 0 Å². The molecule has 1 fully saturated rings. The van der Waals surface area contributed by atoms with Gasteiger partial charge in [0.25, 0.3) is 11.6 Å². The van der Waals surface area contributed by atoms with Crippen LogP contribution >= 0.6 is 0 Å². The molecule has 2 aliphatic heterocycles. The summed E-state index contributed by atoms with van der Waals surface area (Å²) in [7, 11) is 0. The molecule has 0 unspecified atom stereocenters. The largest absolute Gasteiger partial charge is 0.459 e. The van der Waals surface area contributed by atoms with E-state index in [9.17, 15) is 19.7 Å². The number of anilines is 1. The van der Waals surface area contributed by atoms with E-state index in [-0.39, 0.29) is 29.3 Å². The van der Waals surface area contributed by atoms with Gasteiger partial charge in [-0.1, -0.05) is 6.08 Å². The second kappa shape index (κ2) is 8.02. The molecule has 1 saturated heterocycles. The number of non-ortho nitro benzene ring substituents is 1. The number of benzene rings is 1. The summed E-state index contributed by atoms with van der Waals surface area (Å²) in [5, 5.41) is 14.0. The number of nitro benzene ring substituents is 1. The Morgan fingerprint density at radius 3 is 2.87 bits per heavy atom. The molecule has 156 valence electrons. The van der Waals surface area contributed by atoms with Crippen LogP contribution in [0.25, 0.3) is 0 Å². The number of fused-ring (bicyclic) bond motifs is 3. The highest BCUT2D eigenvalue weighted by Crippen LogP contribution is 2.38. The fourth-order valence-electron chi connectivity index (χ4n) is 4.27. The van der Waals surface area contributed by atoms with Gasteiger partial charge in [0.2, 0.25) is 5.91 Å². The lowest BCUT2D eigenvalue weighted by molar-refractivity contribution is -0.384. The Balaban J connectivity index is 1.65. The van der Waals surface area contributed by atoms with E-state index >= 15 is 0 Å². The van der Waals surface area contributed by atoms with Gasteiger partial charge in [-0.25, -0.2) is 0 Å². The predicted molar refractivity (Wildman–Crippen MR) is 109 cm³/mol. The Kier molecular flexibility index (Phi) is 5.26. The number of nitrogens with one attached hydrogen (secondary N) is 1. The quantitative estimate of drug-likeness (QED) is 0.459. The van der Waals surface area contributed by atoms with Gasteiger partial charge in [0.1, 0.15) is 0 Å². The van der Waals surface area contributed by atoms with Crippen molar-refractivity contribution in [1.29, 1.82) is 0 Å². The first-order chi connectivity index (χ1) is 14.5. The second-order valence-corrected chi connectivity index (χ2v) is 7.40. The fraction of sp³-hybridized carbons (Fsp3) is 0.333. The van der Waals surface area contributed by atoms with Crippen molar-refractivity contribution in [3.8, 4) is 0 Å². The molecule has 0 saturated carbocycles. The fourth-order valence-corrected chi connectivity index (χ4v) is 4.27. The number of rotatable bonds is 5. The highest BCUT2D eigenvalue weighted by molar-refractivity contribution is 5.92. The van der Waals surface area contributed by atoms with Gasteiger partial charge < -0.3 is 19.5 Å². The summed E-state index contributed by atoms with van der Waals surface area (Å²) >= 11 is 0. The minimum Gasteiger partial charge on any atom is -0.459 e. The van der Waals surface area contributed by atoms with Crippen molar-refractivity contribution in [3.63, 3.8) is 0 Å². The van der Waals surface area contributed by atoms with E-state index in [1.807, 2.05) is 0 Å². The van der Waals surface area contributed by atoms with E-state index in [2.05, 4.69) is 16.8 Å². The number of hydrogen-bond donors (Lipinski definition) is 1. The molecule has 1 N–H and O–H groups in total. The van der Waals surface area contributed by atoms with Crippen LogP contribution in [0.4, 0.5) is 11.4 Å². The number of nitrogens with zero attached hydrogens (tertiary/aromatic N) is 3. The Morgan fingerprint density at radius 1 is 1.33 bits per heavy atom. The number of amides is 2. The third-order valence-corrected chi connectivity index (χ3v) is 5.68. The monoisotopic (exact) mass is 410 g/mol. The van der Waals surface area contributed by atoms with Crippen molar-refractivity contribution >= 4 is 23.2 Å². The van der Waals surface area contributed by atoms with Crippen LogP contribution in [0.1, 0.15) is 16.1 Å². The van der Waals surface area contributed by atoms with Gasteiger partial charge in [-0.3, -0.25) is 19.7 Å². The number of nitro groups is 1. The maximum Gasteiger partial charge on any atom is 0.289 e. The van der Waals surface area contributed by atoms with Gasteiger partial charge in [-0.05, 0) is 30.2 Å². The van der Waals surface area contributed by atoms with Crippen LogP contribution in [-0.4, -0.2) is 53.9 Å². The molecule has 2 aromatic rings. The average molecular weight is 410 g/mol. The molecule has 9 nitrogen and oxygen atoms in total. The van der Waals surface area contributed by atoms with Gasteiger partial charge >= 0.3 is 0 Å². The van der Waals surface area contributed by atoms with Crippen LogP contribution in [-0.2, 0) is 11.2 Å². The number of carbonyl (C=O) groups is 2. The maximum atomic E-state index is 12.9. The lowest BCUT2D eigenvalue weighted by atomic mass is 9.83. The van der Waals surface area contributed by atoms with Crippen LogP contribution < -0.4 is 10.2 Å². The van der Waals surface area contributed by atoms with Gasteiger partial charge in [0.05, 0.1) is 23.1 Å². The summed E-state index contributed by atoms with van der Waals surface area (Å²) < 4.78 is 5.24. The normalized spacial score (nSPS) is 20.1. The van der Waals surface area contributed by atoms with E-state index < -0.39 is 10.8 Å². The minimum absolute atomic E-state index is 0.00378. The number of carbonyl (C=O) groups excluding carboxylic acids is 2. The van der Waals surface area contributed by atoms with Gasteiger partial charge in [-0.15, -0.1) is 6.58 Å². The highest BCUT2D eigenvalue weighted by Gasteiger charge is 2.43. The zero-order valence-corrected chi connectivity index (χ0v) is 16.3. The molecule has 4 rings (SSSR count). The SMILES string of the molecule is C=CCNC(=O)[C@@H]1Cc2cc([N+](=O)[O-])ccc2N2CCN(C(=O)c3ccco3)C[C@@H]12. The Morgan fingerprint density at radius 2 is 2.17 bits per heavy atom. The van der Waals surface area contributed by atoms with Crippen LogP contribution in [0.15, 0.2) is 53.7 Å². The lowest BCUT2D eigenvalue weighted by Gasteiger charge is -2.48. The van der Waals surface area contributed by atoms with Crippen molar-refractivity contribution in [1.82, 2.24) is 10.2 Å². The van der Waals surface area contributed by atoms with Crippen LogP contribution in [0.3, 0.4) is 0 Å². The van der Waals surface area contributed by atoms with E-state index in [1.165, 1.54) is 12.3 Å². The first-order valence-electron chi connectivity index (χ1n) is 9.75. The van der Waals surface area contributed by atoms with E-state index in [1.54, 1.807) is 35.2 Å². The lowest BCUT2D eigenvalue weighted by Crippen LogP contribution is -2.62. The van der Waals surface area contributed by atoms with Crippen molar-refractivity contribution in [2.45, 2.75) is 12.5 Å². The summed E-state index contributed by atoms with van der Waals surface area (Å²) in [6, 6.07) is 7.81. The third-order valence-electron chi connectivity index (χ3n) is 5.68. The third kappa shape index (κ3) is 3.54. The molecule has 0 aliphatic carbocycles. The molecule has 2 amide bonds. The predicted octanol–water partition coefficient (Wildman–Crippen LogP) is 1.99. The maximum absolute atomic E-state index is 12.9. The van der Waals surface area contributed by atoms with Gasteiger partial charge in [0, 0.05) is 44.0 Å². The molecule has 0 bridgehead atoms. The molecular weight excluding hydrogens is 388 g/mol. The van der Waals surface area contributed by atoms with Crippen LogP contribution in [0, 0.1) is 16.0 Å². The Bertz CT molecular complexity index is 987. The van der Waals surface area contributed by atoms with Crippen molar-refractivity contribution in [2.24, 2.45) is 5.92 Å². The van der Waals surface area contributed by atoms with E-state index in [4.69, 9.17) is 4.42 Å². The molecule has 1 aromatic carbocycles. The van der Waals surface area contributed by atoms with Crippen LogP contribution in [0.2, 0.25) is 0 Å². The topological polar surface area (TPSA) is 109 Å². The zero-order valence-electron chi connectivity index (χ0n) is 16.3. The summed E-state index contributed by atoms with van der Waals surface area (Å²) in [6.45, 7) is 5.31. The summed E-state index contributed by atoms with van der Waals surface area (Å²) in [5.41, 5.74) is 1.65. The molecule has 30 heavy (non-hydrogen) atoms. The first-order valence-corrected chi connectivity index (χ1v) is 9.75. The molecule has 0 spiro atoms. The molecule has 3 heterocycles. The number of hydrogen-bond acceptors (Lipinski definition) is 6. The summed E-state index contributed by atoms with van der Waals surface area (Å²) in [5.74, 6) is -0.552. The van der Waals surface area contributed by atoms with Crippen molar-refractivity contribution in [3.05, 3.63) is 70.7 Å². The standard InChI is InChI=1S/C21H22N4O5/c1-2-7-22-20(26)16-12-14-11-15(25(28)29)5-6-17(14)24-9-8-23(13-18(16)24)21(27)19-4-3-10-30-19/h2-6,10-11,16,18H,1,7-9,12-13H2,(H,22,26)/t16-,18+/m1/s1. The molecular formula is C21H22N4O5. The average Bonchev–Trinajstić information content (AvgIpc) is 3.30. The molecule has 2 atom stereocenters. The smallest absolute Gasteiger partial charge is 0.289 e. The van der Waals surface area contributed by atoms with E-state index in [0.29, 0.717) is 32.6 Å². The molecule has 9 heteroatoms. The zero-order chi connectivity index (χ0) is 21.3. The number of furan rings is 1. The summed E-state index contributed by atoms with van der Waals surface area (Å²) in [4.78, 5) is 40.2. The molecule has 0 radical (unpaired) electrons. The minimum atomic E-state index is -0.452. The van der Waals surface area contributed by atoms with Gasteiger partial charge in [0.15, 0.2) is 5.76 Å². The van der Waals surface area contributed by atoms with Crippen molar-refractivity contribution < 1.29 is 18.9 Å². The number of piperazine rings is 1. The highest BCUT2D eigenvalue weighted by atomic mass is 16.6. The molecule has 1 aromatic heterocycles. The Labute approximate surface area is 173 Å². The Hall–Kier alpha value is -3.62. The second-order valence-electron chi connectivity index (χ2n) is 7.40. The summed E-state index contributed by atoms with van der Waals surface area (Å²) in [6.07, 6.45) is 3.42. The van der Waals surface area contributed by atoms with Gasteiger partial charge in [-0.2, -0.15) is 0 Å². The molecule has 2 aliphatic rings.